The van der Waals surface area contributed by atoms with Gasteiger partial charge in [-0.3, -0.25) is 0 Å². The fourth-order valence-electron chi connectivity index (χ4n) is 3.47. The normalized spacial score (nSPS) is 17.8. The summed E-state index contributed by atoms with van der Waals surface area (Å²) in [5, 5.41) is 22.9. The van der Waals surface area contributed by atoms with Gasteiger partial charge in [0.2, 0.25) is 0 Å². The molecule has 0 saturated heterocycles. The molecule has 0 aliphatic heterocycles. The Morgan fingerprint density at radius 2 is 0.814 bits per heavy atom. The van der Waals surface area contributed by atoms with Gasteiger partial charge >= 0.3 is 6.09 Å². The van der Waals surface area contributed by atoms with E-state index in [4.69, 9.17) is 17.7 Å². The van der Waals surface area contributed by atoms with E-state index < -0.39 is 63.8 Å². The van der Waals surface area contributed by atoms with Crippen LogP contribution in [-0.2, 0) is 17.7 Å². The molecule has 0 heterocycles. The van der Waals surface area contributed by atoms with Gasteiger partial charge in [-0.15, -0.1) is 0 Å². The number of hydrogen-bond acceptors (Lipinski definition) is 6. The van der Waals surface area contributed by atoms with Crippen LogP contribution in [0, 0.1) is 0 Å². The van der Waals surface area contributed by atoms with Crippen LogP contribution in [0.25, 0.3) is 0 Å². The SMILES string of the molecule is CC(C)(C)[Si](C)(C)OC(CO)C(O[Si](C)(C)C(C)(C)C)C(O[Si](C)(C)C(C)(C)C)C(CNC(=O)O)O[Si](C)(C)C(C)(C)C. The van der Waals surface area contributed by atoms with Crippen LogP contribution in [0.5, 0.6) is 0 Å². The Morgan fingerprint density at radius 3 is 1.07 bits per heavy atom. The summed E-state index contributed by atoms with van der Waals surface area (Å²) in [5.41, 5.74) is 0. The maximum Gasteiger partial charge on any atom is 0.404 e. The third kappa shape index (κ3) is 11.9. The fraction of sp³-hybridized carbons (Fsp3) is 0.968. The molecule has 0 aromatic carbocycles. The van der Waals surface area contributed by atoms with Gasteiger partial charge in [0, 0.05) is 6.54 Å². The minimum atomic E-state index is -2.48. The number of carboxylic acid groups (broad SMARTS) is 1. The molecule has 4 unspecified atom stereocenters. The van der Waals surface area contributed by atoms with Crippen LogP contribution in [-0.4, -0.2) is 87.1 Å². The second kappa shape index (κ2) is 14.4. The van der Waals surface area contributed by atoms with Crippen molar-refractivity contribution in [2.45, 2.75) is 180 Å². The minimum Gasteiger partial charge on any atom is -0.465 e. The van der Waals surface area contributed by atoms with Gasteiger partial charge in [-0.2, -0.15) is 0 Å². The van der Waals surface area contributed by atoms with Gasteiger partial charge in [0.15, 0.2) is 33.3 Å². The van der Waals surface area contributed by atoms with Gasteiger partial charge in [-0.1, -0.05) is 83.1 Å². The second-order valence-electron chi connectivity index (χ2n) is 18.4. The van der Waals surface area contributed by atoms with Gasteiger partial charge in [-0.25, -0.2) is 4.79 Å². The lowest BCUT2D eigenvalue weighted by Crippen LogP contribution is -2.64. The van der Waals surface area contributed by atoms with Crippen LogP contribution >= 0.6 is 0 Å². The molecule has 0 fully saturated rings. The predicted octanol–water partition coefficient (Wildman–Crippen LogP) is 8.81. The van der Waals surface area contributed by atoms with Gasteiger partial charge in [0.05, 0.1) is 31.0 Å². The maximum atomic E-state index is 11.9. The first-order chi connectivity index (χ1) is 18.6. The Balaban J connectivity index is 7.64. The zero-order valence-electron chi connectivity index (χ0n) is 31.7. The summed E-state index contributed by atoms with van der Waals surface area (Å²) in [5.74, 6) is 0. The molecule has 0 aliphatic rings. The summed E-state index contributed by atoms with van der Waals surface area (Å²) in [4.78, 5) is 11.9. The van der Waals surface area contributed by atoms with Crippen molar-refractivity contribution >= 4 is 39.4 Å². The average molecular weight is 682 g/mol. The molecule has 0 saturated carbocycles. The minimum absolute atomic E-state index is 0.0384. The number of aliphatic hydroxyl groups excluding tert-OH is 1. The van der Waals surface area contributed by atoms with Crippen molar-refractivity contribution < 1.29 is 32.7 Å². The number of nitrogens with one attached hydrogen (secondary N) is 1. The summed E-state index contributed by atoms with van der Waals surface area (Å²) in [6.07, 6.45) is -3.82. The molecule has 0 aromatic rings. The zero-order valence-corrected chi connectivity index (χ0v) is 35.7. The topological polar surface area (TPSA) is 106 Å². The molecule has 0 aliphatic carbocycles. The van der Waals surface area contributed by atoms with Crippen molar-refractivity contribution in [1.29, 1.82) is 0 Å². The highest BCUT2D eigenvalue weighted by molar-refractivity contribution is 6.75. The van der Waals surface area contributed by atoms with Gasteiger partial charge < -0.3 is 33.2 Å². The van der Waals surface area contributed by atoms with E-state index in [2.05, 4.69) is 141 Å². The quantitative estimate of drug-likeness (QED) is 0.157. The van der Waals surface area contributed by atoms with Crippen molar-refractivity contribution in [3.8, 4) is 0 Å². The lowest BCUT2D eigenvalue weighted by atomic mass is 10.0. The monoisotopic (exact) mass is 681 g/mol. The Hall–Kier alpha value is -0.0625. The van der Waals surface area contributed by atoms with Crippen molar-refractivity contribution in [3.63, 3.8) is 0 Å². The van der Waals surface area contributed by atoms with Gasteiger partial charge in [0.1, 0.15) is 0 Å². The van der Waals surface area contributed by atoms with Gasteiger partial charge in [-0.05, 0) is 72.5 Å². The molecule has 0 bridgehead atoms. The molecule has 3 N–H and O–H groups in total. The third-order valence-electron chi connectivity index (χ3n) is 10.7. The molecule has 1 amide bonds. The number of carbonyl (C=O) groups is 1. The summed E-state index contributed by atoms with van der Waals surface area (Å²) < 4.78 is 28.6. The first-order valence-corrected chi connectivity index (χ1v) is 27.6. The lowest BCUT2D eigenvalue weighted by molar-refractivity contribution is -0.0936. The average Bonchev–Trinajstić information content (AvgIpc) is 2.74. The second-order valence-corrected chi connectivity index (χ2v) is 37.4. The first-order valence-electron chi connectivity index (χ1n) is 15.9. The number of amides is 1. The molecular weight excluding hydrogens is 611 g/mol. The summed E-state index contributed by atoms with van der Waals surface area (Å²) >= 11 is 0. The molecule has 8 nitrogen and oxygen atoms in total. The van der Waals surface area contributed by atoms with Crippen LogP contribution in [0.4, 0.5) is 4.79 Å². The number of rotatable bonds is 14. The Morgan fingerprint density at radius 1 is 0.558 bits per heavy atom. The molecule has 0 rings (SSSR count). The van der Waals surface area contributed by atoms with Crippen LogP contribution in [0.1, 0.15) is 83.1 Å². The largest absolute Gasteiger partial charge is 0.465 e. The van der Waals surface area contributed by atoms with E-state index in [0.717, 1.165) is 0 Å². The molecule has 4 atom stereocenters. The lowest BCUT2D eigenvalue weighted by Gasteiger charge is -2.51. The van der Waals surface area contributed by atoms with E-state index in [1.807, 2.05) is 0 Å². The van der Waals surface area contributed by atoms with Crippen LogP contribution in [0.15, 0.2) is 0 Å². The fourth-order valence-corrected chi connectivity index (χ4v) is 8.76. The third-order valence-corrected chi connectivity index (χ3v) is 28.6. The summed E-state index contributed by atoms with van der Waals surface area (Å²) in [7, 11) is -9.73. The summed E-state index contributed by atoms with van der Waals surface area (Å²) in [6, 6.07) is 0. The van der Waals surface area contributed by atoms with E-state index in [1.54, 1.807) is 0 Å². The smallest absolute Gasteiger partial charge is 0.404 e. The molecular formula is C31H71NO7Si4. The standard InChI is InChI=1S/C31H71NO7Si4/c1-28(2,3)40(13,14)36-23(21-32-27(34)35)25(38-42(17,18)30(7,8)9)26(39-43(19,20)31(10,11)12)24(22-33)37-41(15,16)29(4,5)6/h23-26,32-33H,21-22H2,1-20H3,(H,34,35). The van der Waals surface area contributed by atoms with Gasteiger partial charge in [0.25, 0.3) is 0 Å². The Bertz CT molecular complexity index is 898. The number of hydrogen-bond donors (Lipinski definition) is 3. The van der Waals surface area contributed by atoms with Crippen LogP contribution in [0.3, 0.4) is 0 Å². The highest BCUT2D eigenvalue weighted by Gasteiger charge is 2.52. The molecule has 0 aromatic heterocycles. The van der Waals surface area contributed by atoms with E-state index >= 15 is 0 Å². The molecule has 43 heavy (non-hydrogen) atoms. The molecule has 0 radical (unpaired) electrons. The van der Waals surface area contributed by atoms with E-state index in [-0.39, 0.29) is 33.3 Å². The zero-order chi connectivity index (χ0) is 34.8. The summed E-state index contributed by atoms with van der Waals surface area (Å²) in [6.45, 7) is 43.5. The van der Waals surface area contributed by atoms with Crippen molar-refractivity contribution in [2.24, 2.45) is 0 Å². The Labute approximate surface area is 269 Å². The van der Waals surface area contributed by atoms with Crippen molar-refractivity contribution in [3.05, 3.63) is 0 Å². The predicted molar refractivity (Wildman–Crippen MR) is 191 cm³/mol. The number of aliphatic hydroxyl groups is 1. The van der Waals surface area contributed by atoms with E-state index in [1.165, 1.54) is 0 Å². The van der Waals surface area contributed by atoms with Crippen molar-refractivity contribution in [1.82, 2.24) is 5.32 Å². The highest BCUT2D eigenvalue weighted by Crippen LogP contribution is 2.45. The van der Waals surface area contributed by atoms with Crippen LogP contribution < -0.4 is 5.32 Å². The van der Waals surface area contributed by atoms with E-state index in [0.29, 0.717) is 0 Å². The molecule has 0 spiro atoms. The Kier molecular flexibility index (Phi) is 14.3. The first kappa shape index (κ1) is 42.9. The van der Waals surface area contributed by atoms with Crippen LogP contribution in [0.2, 0.25) is 72.5 Å². The maximum absolute atomic E-state index is 11.9. The molecule has 258 valence electrons. The molecule has 12 heteroatoms. The van der Waals surface area contributed by atoms with Crippen molar-refractivity contribution in [2.75, 3.05) is 13.2 Å². The van der Waals surface area contributed by atoms with E-state index in [9.17, 15) is 15.0 Å². The highest BCUT2D eigenvalue weighted by atomic mass is 28.4.